The quantitative estimate of drug-likeness (QED) is 0.878. The van der Waals surface area contributed by atoms with Gasteiger partial charge in [-0.2, -0.15) is 0 Å². The van der Waals surface area contributed by atoms with Crippen LogP contribution in [-0.4, -0.2) is 18.0 Å². The monoisotopic (exact) mass is 366 g/mol. The molecular formula is C21H19FN2O3. The molecule has 1 N–H and O–H groups in total. The standard InChI is InChI=1S/C21H19FN2O3/c22-16-12-18-15(21(9-10-21)19(25)24(18)13-5-4-6-13)11-17(16)23-20(26)27-14-7-2-1-3-8-14/h1-3,7-8,11-13H,4-6,9-10H2,(H,23,26). The molecule has 2 saturated carbocycles. The zero-order valence-electron chi connectivity index (χ0n) is 14.7. The van der Waals surface area contributed by atoms with E-state index in [1.165, 1.54) is 6.07 Å². The number of fused-ring (bicyclic) bond motifs is 2. The van der Waals surface area contributed by atoms with Gasteiger partial charge < -0.3 is 9.64 Å². The van der Waals surface area contributed by atoms with E-state index in [9.17, 15) is 14.0 Å². The summed E-state index contributed by atoms with van der Waals surface area (Å²) in [6.07, 6.45) is 3.83. The zero-order valence-corrected chi connectivity index (χ0v) is 14.7. The van der Waals surface area contributed by atoms with Crippen LogP contribution >= 0.6 is 0 Å². The van der Waals surface area contributed by atoms with Crippen molar-refractivity contribution >= 4 is 23.4 Å². The average molecular weight is 366 g/mol. The van der Waals surface area contributed by atoms with Crippen LogP contribution in [0.15, 0.2) is 42.5 Å². The van der Waals surface area contributed by atoms with Gasteiger partial charge in [0.1, 0.15) is 11.6 Å². The first kappa shape index (κ1) is 16.3. The number of rotatable bonds is 3. The molecule has 0 unspecified atom stereocenters. The first-order valence-corrected chi connectivity index (χ1v) is 9.30. The Morgan fingerprint density at radius 3 is 2.56 bits per heavy atom. The summed E-state index contributed by atoms with van der Waals surface area (Å²) in [6.45, 7) is 0. The van der Waals surface area contributed by atoms with Crippen LogP contribution < -0.4 is 15.0 Å². The molecule has 6 heteroatoms. The Balaban J connectivity index is 1.44. The van der Waals surface area contributed by atoms with E-state index in [0.717, 1.165) is 37.7 Å². The van der Waals surface area contributed by atoms with Crippen LogP contribution in [0.4, 0.5) is 20.6 Å². The van der Waals surface area contributed by atoms with Gasteiger partial charge in [0.05, 0.1) is 16.8 Å². The third-order valence-corrected chi connectivity index (χ3v) is 5.87. The smallest absolute Gasteiger partial charge is 0.410 e. The van der Waals surface area contributed by atoms with Gasteiger partial charge in [-0.25, -0.2) is 9.18 Å². The summed E-state index contributed by atoms with van der Waals surface area (Å²) in [5, 5.41) is 2.47. The largest absolute Gasteiger partial charge is 0.417 e. The van der Waals surface area contributed by atoms with Crippen molar-refractivity contribution in [1.82, 2.24) is 0 Å². The maximum absolute atomic E-state index is 14.7. The average Bonchev–Trinajstić information content (AvgIpc) is 3.38. The normalized spacial score (nSPS) is 19.6. The van der Waals surface area contributed by atoms with E-state index in [1.54, 1.807) is 35.2 Å². The summed E-state index contributed by atoms with van der Waals surface area (Å²) >= 11 is 0. The molecule has 5 rings (SSSR count). The Morgan fingerprint density at radius 1 is 1.19 bits per heavy atom. The van der Waals surface area contributed by atoms with Crippen molar-refractivity contribution in [2.24, 2.45) is 0 Å². The fourth-order valence-electron chi connectivity index (χ4n) is 4.04. The van der Waals surface area contributed by atoms with Gasteiger partial charge in [-0.05, 0) is 55.9 Å². The lowest BCUT2D eigenvalue weighted by Crippen LogP contribution is -2.44. The molecule has 1 spiro atoms. The summed E-state index contributed by atoms with van der Waals surface area (Å²) in [7, 11) is 0. The van der Waals surface area contributed by atoms with Crippen molar-refractivity contribution in [1.29, 1.82) is 0 Å². The highest BCUT2D eigenvalue weighted by molar-refractivity contribution is 6.11. The zero-order chi connectivity index (χ0) is 18.6. The molecule has 27 heavy (non-hydrogen) atoms. The Bertz CT molecular complexity index is 936. The van der Waals surface area contributed by atoms with Gasteiger partial charge in [0.2, 0.25) is 5.91 Å². The Labute approximate surface area is 156 Å². The minimum Gasteiger partial charge on any atom is -0.410 e. The molecule has 0 radical (unpaired) electrons. The lowest BCUT2D eigenvalue weighted by molar-refractivity contribution is -0.121. The van der Waals surface area contributed by atoms with Crippen LogP contribution in [-0.2, 0) is 10.2 Å². The second-order valence-electron chi connectivity index (χ2n) is 7.52. The molecule has 138 valence electrons. The molecular weight excluding hydrogens is 347 g/mol. The first-order valence-electron chi connectivity index (χ1n) is 9.30. The number of nitrogens with zero attached hydrogens (tertiary/aromatic N) is 1. The summed E-state index contributed by atoms with van der Waals surface area (Å²) in [4.78, 5) is 26.9. The molecule has 2 aromatic carbocycles. The number of halogens is 1. The summed E-state index contributed by atoms with van der Waals surface area (Å²) < 4.78 is 19.9. The number of hydrogen-bond donors (Lipinski definition) is 1. The number of anilines is 2. The lowest BCUT2D eigenvalue weighted by atomic mass is 9.91. The van der Waals surface area contributed by atoms with Crippen LogP contribution in [0.25, 0.3) is 0 Å². The van der Waals surface area contributed by atoms with Gasteiger partial charge >= 0.3 is 6.09 Å². The van der Waals surface area contributed by atoms with Crippen LogP contribution in [0.3, 0.4) is 0 Å². The number of hydrogen-bond acceptors (Lipinski definition) is 3. The predicted molar refractivity (Wildman–Crippen MR) is 98.5 cm³/mol. The Morgan fingerprint density at radius 2 is 1.93 bits per heavy atom. The molecule has 3 aliphatic rings. The molecule has 0 bridgehead atoms. The third kappa shape index (κ3) is 2.51. The molecule has 2 aliphatic carbocycles. The second-order valence-corrected chi connectivity index (χ2v) is 7.52. The SMILES string of the molecule is O=C(Nc1cc2c(cc1F)N(C1CCC1)C(=O)C21CC1)Oc1ccccc1. The van der Waals surface area contributed by atoms with Crippen molar-refractivity contribution in [2.75, 3.05) is 10.2 Å². The fraction of sp³-hybridized carbons (Fsp3) is 0.333. The number of carbonyl (C=O) groups excluding carboxylic acids is 2. The van der Waals surface area contributed by atoms with Gasteiger partial charge in [0.15, 0.2) is 0 Å². The fourth-order valence-corrected chi connectivity index (χ4v) is 4.04. The van der Waals surface area contributed by atoms with E-state index in [-0.39, 0.29) is 17.6 Å². The molecule has 1 heterocycles. The number of amides is 2. The molecule has 5 nitrogen and oxygen atoms in total. The van der Waals surface area contributed by atoms with Crippen LogP contribution in [0.2, 0.25) is 0 Å². The molecule has 0 saturated heterocycles. The highest BCUT2D eigenvalue weighted by atomic mass is 19.1. The van der Waals surface area contributed by atoms with Gasteiger partial charge in [-0.3, -0.25) is 10.1 Å². The van der Waals surface area contributed by atoms with E-state index in [2.05, 4.69) is 5.32 Å². The number of ether oxygens (including phenoxy) is 1. The second kappa shape index (κ2) is 5.81. The van der Waals surface area contributed by atoms with Crippen LogP contribution in [0.5, 0.6) is 5.75 Å². The van der Waals surface area contributed by atoms with Crippen molar-refractivity contribution in [2.45, 2.75) is 43.6 Å². The van der Waals surface area contributed by atoms with Crippen molar-refractivity contribution in [3.63, 3.8) is 0 Å². The topological polar surface area (TPSA) is 58.6 Å². The number of nitrogens with one attached hydrogen (secondary N) is 1. The van der Waals surface area contributed by atoms with Crippen LogP contribution in [0.1, 0.15) is 37.7 Å². The Kier molecular flexibility index (Phi) is 3.50. The molecule has 0 aromatic heterocycles. The van der Waals surface area contributed by atoms with Gasteiger partial charge in [0, 0.05) is 12.1 Å². The van der Waals surface area contributed by atoms with E-state index in [1.807, 2.05) is 6.07 Å². The molecule has 2 aromatic rings. The van der Waals surface area contributed by atoms with Gasteiger partial charge in [-0.15, -0.1) is 0 Å². The van der Waals surface area contributed by atoms with Crippen LogP contribution in [0, 0.1) is 5.82 Å². The third-order valence-electron chi connectivity index (χ3n) is 5.87. The highest BCUT2D eigenvalue weighted by Crippen LogP contribution is 2.59. The number of carbonyl (C=O) groups is 2. The van der Waals surface area contributed by atoms with Crippen molar-refractivity contribution in [3.8, 4) is 5.75 Å². The minimum atomic E-state index is -0.759. The van der Waals surface area contributed by atoms with E-state index < -0.39 is 17.3 Å². The first-order chi connectivity index (χ1) is 13.1. The number of para-hydroxylation sites is 1. The summed E-state index contributed by atoms with van der Waals surface area (Å²) in [5.41, 5.74) is 1.03. The van der Waals surface area contributed by atoms with Gasteiger partial charge in [0.25, 0.3) is 0 Å². The Hall–Kier alpha value is -2.89. The highest BCUT2D eigenvalue weighted by Gasteiger charge is 2.60. The maximum Gasteiger partial charge on any atom is 0.417 e. The van der Waals surface area contributed by atoms with Gasteiger partial charge in [-0.1, -0.05) is 18.2 Å². The van der Waals surface area contributed by atoms with Crippen molar-refractivity contribution in [3.05, 3.63) is 53.8 Å². The molecule has 1 aliphatic heterocycles. The summed E-state index contributed by atoms with van der Waals surface area (Å²) in [6, 6.07) is 11.8. The summed E-state index contributed by atoms with van der Waals surface area (Å²) in [5.74, 6) is -0.0965. The molecule has 2 amide bonds. The van der Waals surface area contributed by atoms with E-state index in [4.69, 9.17) is 4.74 Å². The van der Waals surface area contributed by atoms with E-state index in [0.29, 0.717) is 11.4 Å². The minimum absolute atomic E-state index is 0.0456. The molecule has 0 atom stereocenters. The maximum atomic E-state index is 14.7. The molecule has 2 fully saturated rings. The van der Waals surface area contributed by atoms with Crippen molar-refractivity contribution < 1.29 is 18.7 Å². The lowest BCUT2D eigenvalue weighted by Gasteiger charge is -2.35. The number of benzene rings is 2. The van der Waals surface area contributed by atoms with E-state index >= 15 is 0 Å². The predicted octanol–water partition coefficient (Wildman–Crippen LogP) is 4.37.